The Labute approximate surface area is 189 Å². The number of nitrogens with zero attached hydrogens (tertiary/aromatic N) is 3. The molecule has 7 nitrogen and oxygen atoms in total. The molecule has 0 aliphatic heterocycles. The van der Waals surface area contributed by atoms with Gasteiger partial charge in [-0.25, -0.2) is 4.98 Å². The minimum atomic E-state index is 0.579. The third kappa shape index (κ3) is 4.67. The normalized spacial score (nSPS) is 10.8. The van der Waals surface area contributed by atoms with Crippen LogP contribution >= 0.6 is 22.7 Å². The SMILES string of the molecule is COc1cc(CNc2nc(C)c(-c3ccn(Cc4ccsc4)n3)s2)cc(OC)c1OC. The van der Waals surface area contributed by atoms with E-state index in [0.29, 0.717) is 23.8 Å². The first-order chi connectivity index (χ1) is 15.1. The zero-order valence-electron chi connectivity index (χ0n) is 17.8. The van der Waals surface area contributed by atoms with E-state index in [0.717, 1.165) is 33.5 Å². The average Bonchev–Trinajstić information content (AvgIpc) is 3.53. The summed E-state index contributed by atoms with van der Waals surface area (Å²) in [4.78, 5) is 5.74. The van der Waals surface area contributed by atoms with Crippen molar-refractivity contribution in [3.05, 3.63) is 58.0 Å². The van der Waals surface area contributed by atoms with Crippen molar-refractivity contribution in [1.29, 1.82) is 0 Å². The van der Waals surface area contributed by atoms with E-state index < -0.39 is 0 Å². The van der Waals surface area contributed by atoms with Crippen molar-refractivity contribution in [2.45, 2.75) is 20.0 Å². The van der Waals surface area contributed by atoms with Gasteiger partial charge in [-0.1, -0.05) is 11.3 Å². The van der Waals surface area contributed by atoms with Gasteiger partial charge in [0.15, 0.2) is 16.6 Å². The molecular weight excluding hydrogens is 432 g/mol. The maximum Gasteiger partial charge on any atom is 0.203 e. The van der Waals surface area contributed by atoms with Gasteiger partial charge in [-0.3, -0.25) is 4.68 Å². The lowest BCUT2D eigenvalue weighted by atomic mass is 10.2. The molecule has 0 amide bonds. The smallest absolute Gasteiger partial charge is 0.203 e. The number of hydrogen-bond donors (Lipinski definition) is 1. The minimum absolute atomic E-state index is 0.579. The number of rotatable bonds is 9. The highest BCUT2D eigenvalue weighted by molar-refractivity contribution is 7.19. The number of benzene rings is 1. The van der Waals surface area contributed by atoms with E-state index in [4.69, 9.17) is 19.3 Å². The number of methoxy groups -OCH3 is 3. The van der Waals surface area contributed by atoms with Crippen LogP contribution in [0.15, 0.2) is 41.2 Å². The number of aromatic nitrogens is 3. The van der Waals surface area contributed by atoms with Crippen LogP contribution in [0.4, 0.5) is 5.13 Å². The van der Waals surface area contributed by atoms with Crippen molar-refractivity contribution in [3.8, 4) is 27.8 Å². The van der Waals surface area contributed by atoms with E-state index in [1.54, 1.807) is 44.0 Å². The Kier molecular flexibility index (Phi) is 6.43. The number of aryl methyl sites for hydroxylation is 1. The zero-order valence-corrected chi connectivity index (χ0v) is 19.5. The summed E-state index contributed by atoms with van der Waals surface area (Å²) in [6, 6.07) is 8.02. The maximum atomic E-state index is 5.44. The first-order valence-corrected chi connectivity index (χ1v) is 11.4. The Morgan fingerprint density at radius 2 is 1.81 bits per heavy atom. The van der Waals surface area contributed by atoms with Crippen molar-refractivity contribution >= 4 is 27.8 Å². The van der Waals surface area contributed by atoms with Crippen molar-refractivity contribution in [1.82, 2.24) is 14.8 Å². The van der Waals surface area contributed by atoms with Gasteiger partial charge in [-0.05, 0) is 53.1 Å². The average molecular weight is 457 g/mol. The number of thiophene rings is 1. The third-order valence-corrected chi connectivity index (χ3v) is 6.63. The molecule has 3 aromatic heterocycles. The molecule has 0 aliphatic carbocycles. The number of hydrogen-bond acceptors (Lipinski definition) is 8. The van der Waals surface area contributed by atoms with Gasteiger partial charge in [0.1, 0.15) is 5.69 Å². The van der Waals surface area contributed by atoms with Crippen LogP contribution in [0, 0.1) is 6.92 Å². The molecule has 0 bridgehead atoms. The summed E-state index contributed by atoms with van der Waals surface area (Å²) in [5, 5.41) is 13.2. The minimum Gasteiger partial charge on any atom is -0.493 e. The van der Waals surface area contributed by atoms with E-state index in [2.05, 4.69) is 27.1 Å². The van der Waals surface area contributed by atoms with Crippen LogP contribution in [0.25, 0.3) is 10.6 Å². The maximum absolute atomic E-state index is 5.44. The van der Waals surface area contributed by atoms with Gasteiger partial charge in [0.2, 0.25) is 5.75 Å². The fourth-order valence-electron chi connectivity index (χ4n) is 3.27. The largest absolute Gasteiger partial charge is 0.493 e. The van der Waals surface area contributed by atoms with Crippen molar-refractivity contribution < 1.29 is 14.2 Å². The van der Waals surface area contributed by atoms with Gasteiger partial charge < -0.3 is 19.5 Å². The molecule has 0 fully saturated rings. The number of nitrogens with one attached hydrogen (secondary N) is 1. The van der Waals surface area contributed by atoms with Crippen LogP contribution in [-0.2, 0) is 13.1 Å². The molecular formula is C22H24N4O3S2. The van der Waals surface area contributed by atoms with E-state index in [-0.39, 0.29) is 0 Å². The molecule has 0 aliphatic rings. The predicted molar refractivity (Wildman–Crippen MR) is 125 cm³/mol. The van der Waals surface area contributed by atoms with Gasteiger partial charge in [0.25, 0.3) is 0 Å². The second kappa shape index (κ2) is 9.40. The van der Waals surface area contributed by atoms with E-state index in [9.17, 15) is 0 Å². The van der Waals surface area contributed by atoms with E-state index in [1.807, 2.05) is 36.0 Å². The standard InChI is InChI=1S/C22H24N4O3S2/c1-14-21(17-5-7-26(25-17)12-15-6-8-30-13-15)31-22(24-14)23-11-16-9-18(27-2)20(29-4)19(10-16)28-3/h5-10,13H,11-12H2,1-4H3,(H,23,24). The second-order valence-corrected chi connectivity index (χ2v) is 8.63. The Morgan fingerprint density at radius 3 is 2.45 bits per heavy atom. The highest BCUT2D eigenvalue weighted by atomic mass is 32.1. The molecule has 9 heteroatoms. The Morgan fingerprint density at radius 1 is 1.03 bits per heavy atom. The first-order valence-electron chi connectivity index (χ1n) is 9.66. The molecule has 4 rings (SSSR count). The van der Waals surface area contributed by atoms with Crippen LogP contribution in [0.1, 0.15) is 16.8 Å². The molecule has 1 aromatic carbocycles. The van der Waals surface area contributed by atoms with Gasteiger partial charge in [0.05, 0.1) is 38.4 Å². The van der Waals surface area contributed by atoms with Crippen molar-refractivity contribution in [3.63, 3.8) is 0 Å². The molecule has 0 atom stereocenters. The molecule has 162 valence electrons. The van der Waals surface area contributed by atoms with Crippen LogP contribution in [0.3, 0.4) is 0 Å². The second-order valence-electron chi connectivity index (χ2n) is 6.85. The summed E-state index contributed by atoms with van der Waals surface area (Å²) in [7, 11) is 4.82. The van der Waals surface area contributed by atoms with Crippen LogP contribution in [0.5, 0.6) is 17.2 Å². The number of thiazole rings is 1. The summed E-state index contributed by atoms with van der Waals surface area (Å²) in [6.45, 7) is 3.36. The lowest BCUT2D eigenvalue weighted by molar-refractivity contribution is 0.324. The molecule has 31 heavy (non-hydrogen) atoms. The lowest BCUT2D eigenvalue weighted by Crippen LogP contribution is -2.02. The molecule has 0 radical (unpaired) electrons. The summed E-state index contributed by atoms with van der Waals surface area (Å²) in [5.41, 5.74) is 4.15. The molecule has 3 heterocycles. The topological polar surface area (TPSA) is 70.4 Å². The lowest BCUT2D eigenvalue weighted by Gasteiger charge is -2.14. The molecule has 4 aromatic rings. The first kappa shape index (κ1) is 21.2. The van der Waals surface area contributed by atoms with Crippen molar-refractivity contribution in [2.24, 2.45) is 0 Å². The molecule has 0 saturated heterocycles. The van der Waals surface area contributed by atoms with Gasteiger partial charge in [-0.15, -0.1) is 0 Å². The summed E-state index contributed by atoms with van der Waals surface area (Å²) >= 11 is 3.30. The fourth-order valence-corrected chi connectivity index (χ4v) is 4.85. The van der Waals surface area contributed by atoms with Crippen LogP contribution in [0.2, 0.25) is 0 Å². The van der Waals surface area contributed by atoms with E-state index >= 15 is 0 Å². The fraction of sp³-hybridized carbons (Fsp3) is 0.273. The van der Waals surface area contributed by atoms with Crippen molar-refractivity contribution in [2.75, 3.05) is 26.6 Å². The number of ether oxygens (including phenoxy) is 3. The third-order valence-electron chi connectivity index (χ3n) is 4.76. The molecule has 0 saturated carbocycles. The monoisotopic (exact) mass is 456 g/mol. The number of anilines is 1. The molecule has 0 spiro atoms. The highest BCUT2D eigenvalue weighted by Gasteiger charge is 2.15. The van der Waals surface area contributed by atoms with Crippen LogP contribution in [-0.4, -0.2) is 36.1 Å². The molecule has 0 unspecified atom stereocenters. The Bertz CT molecular complexity index is 1130. The highest BCUT2D eigenvalue weighted by Crippen LogP contribution is 2.38. The Hall–Kier alpha value is -3.04. The summed E-state index contributed by atoms with van der Waals surface area (Å²) in [5.74, 6) is 1.84. The Balaban J connectivity index is 1.48. The summed E-state index contributed by atoms with van der Waals surface area (Å²) in [6.07, 6.45) is 2.01. The van der Waals surface area contributed by atoms with Gasteiger partial charge >= 0.3 is 0 Å². The zero-order chi connectivity index (χ0) is 21.8. The predicted octanol–water partition coefficient (Wildman–Crippen LogP) is 5.06. The van der Waals surface area contributed by atoms with E-state index in [1.165, 1.54) is 5.56 Å². The quantitative estimate of drug-likeness (QED) is 0.379. The van der Waals surface area contributed by atoms with Gasteiger partial charge in [0, 0.05) is 12.7 Å². The molecule has 1 N–H and O–H groups in total. The van der Waals surface area contributed by atoms with Gasteiger partial charge in [-0.2, -0.15) is 16.4 Å². The summed E-state index contributed by atoms with van der Waals surface area (Å²) < 4.78 is 18.2. The van der Waals surface area contributed by atoms with Crippen LogP contribution < -0.4 is 19.5 Å².